The highest BCUT2D eigenvalue weighted by Gasteiger charge is 2.17. The molecule has 0 saturated carbocycles. The van der Waals surface area contributed by atoms with Gasteiger partial charge in [0, 0.05) is 39.4 Å². The Balaban J connectivity index is 1.17. The Kier molecular flexibility index (Phi) is 6.87. The summed E-state index contributed by atoms with van der Waals surface area (Å²) in [5, 5.41) is 16.8. The fraction of sp³-hybridized carbons (Fsp3) is 0. The monoisotopic (exact) mass is 628 g/mol. The molecule has 0 aliphatic rings. The fourth-order valence-electron chi connectivity index (χ4n) is 6.61. The van der Waals surface area contributed by atoms with Gasteiger partial charge in [0.1, 0.15) is 11.3 Å². The number of hydrogen-bond donors (Lipinski definition) is 1. The van der Waals surface area contributed by atoms with Crippen LogP contribution in [0.1, 0.15) is 0 Å². The quantitative estimate of drug-likeness (QED) is 0.192. The standard InChI is InChI=1S/C44H28N4O/c49-41-37(24-23-29-15-9-25-45-40(29)41)39-36-16-8-7-14-34(36)26-35-22-21-33(27-38(35)39)28-17-19-32(20-18-28)44-47-42(30-10-3-1-4-11-30)46-43(48-44)31-12-5-2-6-13-31/h1-27,49H. The largest absolute Gasteiger partial charge is 0.505 e. The van der Waals surface area contributed by atoms with Crippen molar-refractivity contribution in [3.63, 3.8) is 0 Å². The molecule has 9 rings (SSSR count). The lowest BCUT2D eigenvalue weighted by atomic mass is 9.89. The molecule has 5 nitrogen and oxygen atoms in total. The Morgan fingerprint density at radius 3 is 1.61 bits per heavy atom. The number of nitrogens with zero attached hydrogens (tertiary/aromatic N) is 4. The van der Waals surface area contributed by atoms with Crippen molar-refractivity contribution in [2.75, 3.05) is 0 Å². The van der Waals surface area contributed by atoms with Crippen molar-refractivity contribution in [2.45, 2.75) is 0 Å². The second-order valence-corrected chi connectivity index (χ2v) is 12.1. The van der Waals surface area contributed by atoms with E-state index in [2.05, 4.69) is 65.6 Å². The Hall–Kier alpha value is -6.72. The summed E-state index contributed by atoms with van der Waals surface area (Å²) in [6.45, 7) is 0. The van der Waals surface area contributed by atoms with Gasteiger partial charge >= 0.3 is 0 Å². The van der Waals surface area contributed by atoms with E-state index in [4.69, 9.17) is 15.0 Å². The molecule has 0 aliphatic heterocycles. The molecular weight excluding hydrogens is 601 g/mol. The van der Waals surface area contributed by atoms with Crippen molar-refractivity contribution in [2.24, 2.45) is 0 Å². The zero-order valence-corrected chi connectivity index (χ0v) is 26.3. The first-order valence-electron chi connectivity index (χ1n) is 16.2. The summed E-state index contributed by atoms with van der Waals surface area (Å²) in [4.78, 5) is 19.1. The third-order valence-electron chi connectivity index (χ3n) is 9.06. The number of pyridine rings is 1. The minimum absolute atomic E-state index is 0.188. The third kappa shape index (κ3) is 5.14. The molecule has 0 atom stereocenters. The van der Waals surface area contributed by atoms with Gasteiger partial charge in [-0.25, -0.2) is 15.0 Å². The topological polar surface area (TPSA) is 71.8 Å². The van der Waals surface area contributed by atoms with Gasteiger partial charge in [0.25, 0.3) is 0 Å². The number of aromatic nitrogens is 4. The molecule has 5 heteroatoms. The molecule has 2 aromatic heterocycles. The third-order valence-corrected chi connectivity index (χ3v) is 9.06. The van der Waals surface area contributed by atoms with Gasteiger partial charge in [0.15, 0.2) is 17.5 Å². The summed E-state index contributed by atoms with van der Waals surface area (Å²) in [6.07, 6.45) is 1.72. The van der Waals surface area contributed by atoms with E-state index >= 15 is 0 Å². The molecule has 7 aromatic carbocycles. The van der Waals surface area contributed by atoms with E-state index in [1.54, 1.807) is 6.20 Å². The van der Waals surface area contributed by atoms with Crippen LogP contribution in [0.2, 0.25) is 0 Å². The maximum absolute atomic E-state index is 11.6. The van der Waals surface area contributed by atoms with E-state index in [0.29, 0.717) is 23.0 Å². The fourth-order valence-corrected chi connectivity index (χ4v) is 6.61. The second-order valence-electron chi connectivity index (χ2n) is 12.1. The summed E-state index contributed by atoms with van der Waals surface area (Å²) >= 11 is 0. The van der Waals surface area contributed by atoms with Gasteiger partial charge in [-0.2, -0.15) is 0 Å². The van der Waals surface area contributed by atoms with Crippen LogP contribution in [-0.4, -0.2) is 25.0 Å². The number of benzene rings is 7. The Morgan fingerprint density at radius 1 is 0.388 bits per heavy atom. The lowest BCUT2D eigenvalue weighted by molar-refractivity contribution is 0.482. The highest BCUT2D eigenvalue weighted by atomic mass is 16.3. The van der Waals surface area contributed by atoms with Gasteiger partial charge in [-0.05, 0) is 56.9 Å². The molecule has 9 aromatic rings. The summed E-state index contributed by atoms with van der Waals surface area (Å²) in [5.41, 5.74) is 7.26. The van der Waals surface area contributed by atoms with Crippen molar-refractivity contribution in [3.8, 4) is 62.2 Å². The smallest absolute Gasteiger partial charge is 0.164 e. The molecule has 0 spiro atoms. The Bertz CT molecular complexity index is 2600. The zero-order chi connectivity index (χ0) is 32.7. The van der Waals surface area contributed by atoms with E-state index < -0.39 is 0 Å². The van der Waals surface area contributed by atoms with Crippen LogP contribution in [0.25, 0.3) is 88.9 Å². The highest BCUT2D eigenvalue weighted by molar-refractivity contribution is 6.15. The first kappa shape index (κ1) is 28.5. The average Bonchev–Trinajstić information content (AvgIpc) is 3.18. The SMILES string of the molecule is Oc1c(-c2c3ccccc3cc3ccc(-c4ccc(-c5nc(-c6ccccc6)nc(-c6ccccc6)n5)cc4)cc23)ccc2cccnc12. The molecular formula is C44H28N4O. The first-order chi connectivity index (χ1) is 24.2. The van der Waals surface area contributed by atoms with Crippen LogP contribution in [0.15, 0.2) is 164 Å². The number of fused-ring (bicyclic) bond motifs is 3. The number of hydrogen-bond acceptors (Lipinski definition) is 5. The van der Waals surface area contributed by atoms with E-state index in [9.17, 15) is 5.11 Å². The van der Waals surface area contributed by atoms with Crippen LogP contribution < -0.4 is 0 Å². The lowest BCUT2D eigenvalue weighted by Gasteiger charge is -2.15. The maximum atomic E-state index is 11.6. The molecule has 49 heavy (non-hydrogen) atoms. The van der Waals surface area contributed by atoms with E-state index in [1.807, 2.05) is 97.1 Å². The molecule has 0 saturated heterocycles. The number of rotatable bonds is 5. The van der Waals surface area contributed by atoms with Crippen molar-refractivity contribution in [3.05, 3.63) is 164 Å². The van der Waals surface area contributed by atoms with Gasteiger partial charge in [-0.1, -0.05) is 133 Å². The molecule has 0 unspecified atom stereocenters. The van der Waals surface area contributed by atoms with Crippen molar-refractivity contribution < 1.29 is 5.11 Å². The van der Waals surface area contributed by atoms with E-state index in [0.717, 1.165) is 65.9 Å². The highest BCUT2D eigenvalue weighted by Crippen LogP contribution is 2.43. The van der Waals surface area contributed by atoms with Gasteiger partial charge in [0.05, 0.1) is 0 Å². The normalized spacial score (nSPS) is 11.3. The molecule has 0 aliphatic carbocycles. The molecule has 2 heterocycles. The first-order valence-corrected chi connectivity index (χ1v) is 16.2. The Morgan fingerprint density at radius 2 is 0.918 bits per heavy atom. The molecule has 0 bridgehead atoms. The summed E-state index contributed by atoms with van der Waals surface area (Å²) in [6, 6.07) is 53.4. The molecule has 0 radical (unpaired) electrons. The second kappa shape index (κ2) is 11.8. The summed E-state index contributed by atoms with van der Waals surface area (Å²) in [5.74, 6) is 2.07. The molecule has 230 valence electrons. The van der Waals surface area contributed by atoms with Crippen LogP contribution in [0.5, 0.6) is 5.75 Å². The van der Waals surface area contributed by atoms with Crippen LogP contribution in [-0.2, 0) is 0 Å². The maximum Gasteiger partial charge on any atom is 0.164 e. The number of aromatic hydroxyl groups is 1. The van der Waals surface area contributed by atoms with Crippen LogP contribution in [0.3, 0.4) is 0 Å². The minimum atomic E-state index is 0.188. The molecule has 0 fully saturated rings. The molecule has 1 N–H and O–H groups in total. The molecule has 0 amide bonds. The summed E-state index contributed by atoms with van der Waals surface area (Å²) in [7, 11) is 0. The van der Waals surface area contributed by atoms with Crippen LogP contribution in [0, 0.1) is 0 Å². The van der Waals surface area contributed by atoms with Crippen molar-refractivity contribution in [1.82, 2.24) is 19.9 Å². The zero-order valence-electron chi connectivity index (χ0n) is 26.3. The van der Waals surface area contributed by atoms with E-state index in [1.165, 1.54) is 0 Å². The van der Waals surface area contributed by atoms with E-state index in [-0.39, 0.29) is 5.75 Å². The number of phenols is 1. The van der Waals surface area contributed by atoms with Gasteiger partial charge in [-0.3, -0.25) is 4.98 Å². The van der Waals surface area contributed by atoms with Gasteiger partial charge in [-0.15, -0.1) is 0 Å². The predicted octanol–water partition coefficient (Wildman–Crippen LogP) is 10.8. The van der Waals surface area contributed by atoms with Crippen LogP contribution in [0.4, 0.5) is 0 Å². The lowest BCUT2D eigenvalue weighted by Crippen LogP contribution is -2.00. The van der Waals surface area contributed by atoms with Gasteiger partial charge < -0.3 is 5.11 Å². The van der Waals surface area contributed by atoms with Crippen LogP contribution >= 0.6 is 0 Å². The van der Waals surface area contributed by atoms with Crippen molar-refractivity contribution in [1.29, 1.82) is 0 Å². The average molecular weight is 629 g/mol. The van der Waals surface area contributed by atoms with Crippen molar-refractivity contribution >= 4 is 32.4 Å². The minimum Gasteiger partial charge on any atom is -0.505 e. The van der Waals surface area contributed by atoms with Gasteiger partial charge in [0.2, 0.25) is 0 Å². The Labute approximate surface area is 282 Å². The predicted molar refractivity (Wildman–Crippen MR) is 199 cm³/mol. The number of phenolic OH excluding ortho intramolecular Hbond substituents is 1. The summed E-state index contributed by atoms with van der Waals surface area (Å²) < 4.78 is 0.